The zero-order valence-electron chi connectivity index (χ0n) is 15.3. The Bertz CT molecular complexity index is 862. The lowest BCUT2D eigenvalue weighted by Gasteiger charge is -2.20. The van der Waals surface area contributed by atoms with Crippen LogP contribution in [-0.2, 0) is 14.3 Å². The topological polar surface area (TPSA) is 72.9 Å². The van der Waals surface area contributed by atoms with E-state index in [1.54, 1.807) is 36.4 Å². The predicted molar refractivity (Wildman–Crippen MR) is 99.9 cm³/mol. The summed E-state index contributed by atoms with van der Waals surface area (Å²) < 4.78 is 10.5. The van der Waals surface area contributed by atoms with Crippen molar-refractivity contribution in [2.24, 2.45) is 5.92 Å². The molecule has 3 rings (SSSR count). The average Bonchev–Trinajstić information content (AvgIpc) is 3.08. The Morgan fingerprint density at radius 3 is 2.59 bits per heavy atom. The molecule has 2 aromatic rings. The number of methoxy groups -OCH3 is 1. The zero-order chi connectivity index (χ0) is 19.4. The molecule has 0 unspecified atom stereocenters. The molecule has 0 spiro atoms. The van der Waals surface area contributed by atoms with Gasteiger partial charge in [0.15, 0.2) is 12.4 Å². The summed E-state index contributed by atoms with van der Waals surface area (Å²) in [5.41, 5.74) is 2.11. The smallest absolute Gasteiger partial charge is 0.311 e. The van der Waals surface area contributed by atoms with Gasteiger partial charge in [-0.2, -0.15) is 0 Å². The molecule has 6 nitrogen and oxygen atoms in total. The molecule has 140 valence electrons. The molecular weight excluding hydrogens is 346 g/mol. The van der Waals surface area contributed by atoms with Crippen LogP contribution in [0.5, 0.6) is 5.75 Å². The van der Waals surface area contributed by atoms with Gasteiger partial charge in [0.05, 0.1) is 18.7 Å². The van der Waals surface area contributed by atoms with Crippen LogP contribution in [0.25, 0.3) is 0 Å². The summed E-state index contributed by atoms with van der Waals surface area (Å²) >= 11 is 0. The van der Waals surface area contributed by atoms with Gasteiger partial charge in [0, 0.05) is 18.5 Å². The molecule has 1 aliphatic rings. The van der Waals surface area contributed by atoms with E-state index in [-0.39, 0.29) is 31.3 Å². The zero-order valence-corrected chi connectivity index (χ0v) is 15.3. The lowest BCUT2D eigenvalue weighted by molar-refractivity contribution is -0.147. The molecule has 1 amide bonds. The maximum Gasteiger partial charge on any atom is 0.311 e. The Morgan fingerprint density at radius 1 is 1.15 bits per heavy atom. The van der Waals surface area contributed by atoms with Crippen molar-refractivity contribution >= 4 is 23.3 Å². The molecule has 0 aliphatic carbocycles. The van der Waals surface area contributed by atoms with Crippen LogP contribution in [0.4, 0.5) is 5.69 Å². The highest BCUT2D eigenvalue weighted by Gasteiger charge is 2.37. The number of benzene rings is 2. The van der Waals surface area contributed by atoms with Crippen LogP contribution in [0.3, 0.4) is 0 Å². The highest BCUT2D eigenvalue weighted by atomic mass is 16.5. The first-order valence-electron chi connectivity index (χ1n) is 8.69. The first-order chi connectivity index (χ1) is 13.0. The van der Waals surface area contributed by atoms with E-state index >= 15 is 0 Å². The number of carbonyl (C=O) groups excluding carboxylic acids is 3. The minimum atomic E-state index is -0.605. The Kier molecular flexibility index (Phi) is 5.54. The van der Waals surface area contributed by atoms with Gasteiger partial charge in [-0.1, -0.05) is 36.4 Å². The fourth-order valence-electron chi connectivity index (χ4n) is 3.07. The first-order valence-corrected chi connectivity index (χ1v) is 8.69. The van der Waals surface area contributed by atoms with Gasteiger partial charge in [-0.25, -0.2) is 0 Å². The van der Waals surface area contributed by atoms with E-state index < -0.39 is 11.9 Å². The molecule has 1 fully saturated rings. The summed E-state index contributed by atoms with van der Waals surface area (Å²) in [6.07, 6.45) is 0.0510. The molecule has 27 heavy (non-hydrogen) atoms. The third-order valence-electron chi connectivity index (χ3n) is 4.52. The van der Waals surface area contributed by atoms with Crippen LogP contribution in [0, 0.1) is 12.8 Å². The first kappa shape index (κ1) is 18.6. The predicted octanol–water partition coefficient (Wildman–Crippen LogP) is 2.78. The Labute approximate surface area is 157 Å². The van der Waals surface area contributed by atoms with Gasteiger partial charge in [0.2, 0.25) is 5.91 Å². The van der Waals surface area contributed by atoms with Crippen LogP contribution in [-0.4, -0.2) is 37.9 Å². The molecule has 0 aromatic heterocycles. The maximum atomic E-state index is 12.4. The number of ether oxygens (including phenoxy) is 2. The number of Topliss-reactive ketones (excluding diaryl/α,β-unsaturated/α-hetero) is 1. The second-order valence-corrected chi connectivity index (χ2v) is 6.48. The second kappa shape index (κ2) is 8.03. The molecule has 1 heterocycles. The molecule has 1 saturated heterocycles. The summed E-state index contributed by atoms with van der Waals surface area (Å²) in [6.45, 7) is 1.79. The third-order valence-corrected chi connectivity index (χ3v) is 4.52. The number of ketones is 1. The number of carbonyl (C=O) groups is 3. The third kappa shape index (κ3) is 4.16. The van der Waals surface area contributed by atoms with Gasteiger partial charge in [0.25, 0.3) is 0 Å². The monoisotopic (exact) mass is 367 g/mol. The number of aryl methyl sites for hydroxylation is 1. The minimum Gasteiger partial charge on any atom is -0.495 e. The lowest BCUT2D eigenvalue weighted by Crippen LogP contribution is -2.27. The van der Waals surface area contributed by atoms with Crippen LogP contribution >= 0.6 is 0 Å². The fraction of sp³-hybridized carbons (Fsp3) is 0.286. The number of anilines is 1. The van der Waals surface area contributed by atoms with E-state index in [4.69, 9.17) is 9.47 Å². The number of rotatable bonds is 6. The Morgan fingerprint density at radius 2 is 1.89 bits per heavy atom. The molecule has 0 radical (unpaired) electrons. The van der Waals surface area contributed by atoms with E-state index in [9.17, 15) is 14.4 Å². The minimum absolute atomic E-state index is 0.0510. The van der Waals surface area contributed by atoms with Crippen molar-refractivity contribution in [3.8, 4) is 5.75 Å². The molecule has 0 N–H and O–H groups in total. The van der Waals surface area contributed by atoms with Crippen molar-refractivity contribution in [2.45, 2.75) is 13.3 Å². The number of amides is 1. The van der Waals surface area contributed by atoms with Crippen molar-refractivity contribution in [1.29, 1.82) is 0 Å². The van der Waals surface area contributed by atoms with Gasteiger partial charge in [-0.05, 0) is 24.6 Å². The van der Waals surface area contributed by atoms with Crippen molar-refractivity contribution in [1.82, 2.24) is 0 Å². The summed E-state index contributed by atoms with van der Waals surface area (Å²) in [6, 6.07) is 14.2. The van der Waals surface area contributed by atoms with E-state index in [1.807, 2.05) is 19.1 Å². The van der Waals surface area contributed by atoms with Crippen molar-refractivity contribution in [3.63, 3.8) is 0 Å². The quantitative estimate of drug-likeness (QED) is 0.580. The second-order valence-electron chi connectivity index (χ2n) is 6.48. The molecule has 6 heteroatoms. The Hall–Kier alpha value is -3.15. The van der Waals surface area contributed by atoms with E-state index in [0.717, 1.165) is 5.56 Å². The van der Waals surface area contributed by atoms with Crippen molar-refractivity contribution < 1.29 is 23.9 Å². The Balaban J connectivity index is 1.64. The molecule has 2 aromatic carbocycles. The standard InChI is InChI=1S/C21H21NO5/c1-14-8-9-19(26-2)17(10-14)22-12-16(11-20(22)24)21(25)27-13-18(23)15-6-4-3-5-7-15/h3-10,16H,11-13H2,1-2H3/t16-/m0/s1. The number of hydrogen-bond acceptors (Lipinski definition) is 5. The van der Waals surface area contributed by atoms with Gasteiger partial charge in [-0.15, -0.1) is 0 Å². The number of hydrogen-bond donors (Lipinski definition) is 0. The summed E-state index contributed by atoms with van der Waals surface area (Å²) in [5, 5.41) is 0. The number of nitrogens with zero attached hydrogens (tertiary/aromatic N) is 1. The highest BCUT2D eigenvalue weighted by molar-refractivity contribution is 6.01. The molecule has 1 atom stereocenters. The maximum absolute atomic E-state index is 12.4. The van der Waals surface area contributed by atoms with Crippen LogP contribution in [0.1, 0.15) is 22.3 Å². The molecule has 0 saturated carbocycles. The summed E-state index contributed by atoms with van der Waals surface area (Å²) in [7, 11) is 1.54. The van der Waals surface area contributed by atoms with E-state index in [1.165, 1.54) is 12.0 Å². The van der Waals surface area contributed by atoms with Gasteiger partial charge >= 0.3 is 5.97 Å². The fourth-order valence-corrected chi connectivity index (χ4v) is 3.07. The van der Waals surface area contributed by atoms with E-state index in [0.29, 0.717) is 17.0 Å². The number of esters is 1. The van der Waals surface area contributed by atoms with Crippen molar-refractivity contribution in [3.05, 3.63) is 59.7 Å². The molecule has 1 aliphatic heterocycles. The van der Waals surface area contributed by atoms with Gasteiger partial charge < -0.3 is 14.4 Å². The average molecular weight is 367 g/mol. The molecular formula is C21H21NO5. The van der Waals surface area contributed by atoms with Crippen LogP contribution in [0.15, 0.2) is 48.5 Å². The van der Waals surface area contributed by atoms with Gasteiger partial charge in [0.1, 0.15) is 5.75 Å². The van der Waals surface area contributed by atoms with E-state index in [2.05, 4.69) is 0 Å². The summed E-state index contributed by atoms with van der Waals surface area (Å²) in [4.78, 5) is 38.4. The largest absolute Gasteiger partial charge is 0.495 e. The lowest BCUT2D eigenvalue weighted by atomic mass is 10.1. The van der Waals surface area contributed by atoms with Crippen LogP contribution in [0.2, 0.25) is 0 Å². The van der Waals surface area contributed by atoms with Crippen molar-refractivity contribution in [2.75, 3.05) is 25.2 Å². The highest BCUT2D eigenvalue weighted by Crippen LogP contribution is 2.34. The van der Waals surface area contributed by atoms with Crippen LogP contribution < -0.4 is 9.64 Å². The van der Waals surface area contributed by atoms with Gasteiger partial charge in [-0.3, -0.25) is 14.4 Å². The summed E-state index contributed by atoms with van der Waals surface area (Å²) in [5.74, 6) is -1.02. The molecule has 0 bridgehead atoms. The normalized spacial score (nSPS) is 16.3. The SMILES string of the molecule is COc1ccc(C)cc1N1C[C@@H](C(=O)OCC(=O)c2ccccc2)CC1=O.